The number of rotatable bonds is 10. The summed E-state index contributed by atoms with van der Waals surface area (Å²) >= 11 is 9.67. The molecule has 0 amide bonds. The molecule has 0 fully saturated rings. The lowest BCUT2D eigenvalue weighted by atomic mass is 10.0. The molecule has 0 bridgehead atoms. The summed E-state index contributed by atoms with van der Waals surface area (Å²) < 4.78 is 12.4. The number of hydrogen-bond donors (Lipinski definition) is 3. The number of hydrogen-bond acceptors (Lipinski definition) is 4. The van der Waals surface area contributed by atoms with E-state index in [9.17, 15) is 9.90 Å². The summed E-state index contributed by atoms with van der Waals surface area (Å²) in [6.07, 6.45) is 2.20. The Morgan fingerprint density at radius 3 is 2.76 bits per heavy atom. The Morgan fingerprint density at radius 2 is 2.00 bits per heavy atom. The number of aliphatic carboxylic acids is 1. The first-order chi connectivity index (χ1) is 16.5. The molecular formula is C26H24BrClN2O4. The van der Waals surface area contributed by atoms with Crippen LogP contribution in [0.15, 0.2) is 71.3 Å². The van der Waals surface area contributed by atoms with Gasteiger partial charge in [-0.25, -0.2) is 0 Å². The zero-order chi connectivity index (χ0) is 24.1. The predicted molar refractivity (Wildman–Crippen MR) is 137 cm³/mol. The summed E-state index contributed by atoms with van der Waals surface area (Å²) in [6, 6.07) is 18.2. The van der Waals surface area contributed by atoms with Gasteiger partial charge in [-0.05, 0) is 41.5 Å². The molecule has 34 heavy (non-hydrogen) atoms. The third-order valence-electron chi connectivity index (χ3n) is 5.58. The average molecular weight is 544 g/mol. The number of halogens is 2. The number of H-pyrrole nitrogens is 1. The lowest BCUT2D eigenvalue weighted by Crippen LogP contribution is -2.38. The van der Waals surface area contributed by atoms with Crippen LogP contribution >= 0.6 is 27.5 Å². The molecule has 0 aliphatic rings. The number of aromatic nitrogens is 1. The number of aromatic amines is 1. The fourth-order valence-corrected chi connectivity index (χ4v) is 4.51. The summed E-state index contributed by atoms with van der Waals surface area (Å²) in [7, 11) is 1.57. The summed E-state index contributed by atoms with van der Waals surface area (Å²) in [5, 5.41) is 14.7. The average Bonchev–Trinajstić information content (AvgIpc) is 3.24. The van der Waals surface area contributed by atoms with Crippen LogP contribution < -0.4 is 14.8 Å². The van der Waals surface area contributed by atoms with Crippen molar-refractivity contribution in [2.75, 3.05) is 7.11 Å². The van der Waals surface area contributed by atoms with Gasteiger partial charge in [-0.2, -0.15) is 0 Å². The lowest BCUT2D eigenvalue weighted by Gasteiger charge is -2.19. The van der Waals surface area contributed by atoms with Crippen molar-refractivity contribution in [2.24, 2.45) is 0 Å². The van der Waals surface area contributed by atoms with Crippen LogP contribution in [-0.4, -0.2) is 29.2 Å². The van der Waals surface area contributed by atoms with Crippen molar-refractivity contribution in [1.82, 2.24) is 10.3 Å². The maximum absolute atomic E-state index is 12.1. The number of ether oxygens (including phenoxy) is 2. The fraction of sp³-hybridized carbons (Fsp3) is 0.192. The van der Waals surface area contributed by atoms with Gasteiger partial charge < -0.3 is 19.6 Å². The van der Waals surface area contributed by atoms with Gasteiger partial charge in [0.1, 0.15) is 12.6 Å². The number of carboxylic acid groups (broad SMARTS) is 1. The minimum Gasteiger partial charge on any atom is -0.493 e. The SMILES string of the molecule is COc1ccc(Br)c(CNC(Cc2c[nH]c3ccccc23)C(=O)O)c1OCc1cccc(Cl)c1. The fourth-order valence-electron chi connectivity index (χ4n) is 3.84. The van der Waals surface area contributed by atoms with E-state index in [0.29, 0.717) is 22.9 Å². The number of benzene rings is 3. The van der Waals surface area contributed by atoms with Gasteiger partial charge in [0, 0.05) is 45.1 Å². The maximum atomic E-state index is 12.1. The predicted octanol–water partition coefficient (Wildman–Crippen LogP) is 5.96. The van der Waals surface area contributed by atoms with Crippen LogP contribution in [0.25, 0.3) is 10.9 Å². The van der Waals surface area contributed by atoms with Crippen LogP contribution in [0.2, 0.25) is 5.02 Å². The summed E-state index contributed by atoms with van der Waals surface area (Å²) in [4.78, 5) is 15.3. The highest BCUT2D eigenvalue weighted by molar-refractivity contribution is 9.10. The van der Waals surface area contributed by atoms with E-state index in [0.717, 1.165) is 32.1 Å². The molecule has 1 atom stereocenters. The smallest absolute Gasteiger partial charge is 0.321 e. The monoisotopic (exact) mass is 542 g/mol. The second kappa shape index (κ2) is 11.0. The largest absolute Gasteiger partial charge is 0.493 e. The molecule has 3 N–H and O–H groups in total. The molecule has 1 aromatic heterocycles. The van der Waals surface area contributed by atoms with Crippen molar-refractivity contribution in [3.8, 4) is 11.5 Å². The zero-order valence-corrected chi connectivity index (χ0v) is 20.8. The van der Waals surface area contributed by atoms with E-state index >= 15 is 0 Å². The minimum atomic E-state index is -0.925. The van der Waals surface area contributed by atoms with Crippen molar-refractivity contribution in [3.05, 3.63) is 93.0 Å². The molecular weight excluding hydrogens is 520 g/mol. The van der Waals surface area contributed by atoms with Gasteiger partial charge in [0.05, 0.1) is 7.11 Å². The van der Waals surface area contributed by atoms with Crippen molar-refractivity contribution in [2.45, 2.75) is 25.6 Å². The molecule has 3 aromatic carbocycles. The Hall–Kier alpha value is -3.00. The summed E-state index contributed by atoms with van der Waals surface area (Å²) in [6.45, 7) is 0.556. The highest BCUT2D eigenvalue weighted by Crippen LogP contribution is 2.37. The zero-order valence-electron chi connectivity index (χ0n) is 18.5. The van der Waals surface area contributed by atoms with Crippen molar-refractivity contribution in [3.63, 3.8) is 0 Å². The number of para-hydroxylation sites is 1. The molecule has 0 saturated carbocycles. The number of fused-ring (bicyclic) bond motifs is 1. The molecule has 6 nitrogen and oxygen atoms in total. The Balaban J connectivity index is 1.54. The van der Waals surface area contributed by atoms with Crippen LogP contribution in [0.3, 0.4) is 0 Å². The van der Waals surface area contributed by atoms with Crippen LogP contribution in [0.5, 0.6) is 11.5 Å². The van der Waals surface area contributed by atoms with E-state index in [-0.39, 0.29) is 13.2 Å². The number of methoxy groups -OCH3 is 1. The van der Waals surface area contributed by atoms with Crippen LogP contribution in [0.1, 0.15) is 16.7 Å². The van der Waals surface area contributed by atoms with Gasteiger partial charge >= 0.3 is 5.97 Å². The first-order valence-electron chi connectivity index (χ1n) is 10.7. The Bertz CT molecular complexity index is 1310. The lowest BCUT2D eigenvalue weighted by molar-refractivity contribution is -0.139. The normalized spacial score (nSPS) is 12.0. The Labute approximate surface area is 211 Å². The molecule has 4 aromatic rings. The molecule has 1 unspecified atom stereocenters. The van der Waals surface area contributed by atoms with E-state index in [4.69, 9.17) is 21.1 Å². The molecule has 0 saturated heterocycles. The molecule has 0 aliphatic heterocycles. The number of carbonyl (C=O) groups is 1. The number of nitrogens with one attached hydrogen (secondary N) is 2. The van der Waals surface area contributed by atoms with Crippen LogP contribution in [-0.2, 0) is 24.4 Å². The molecule has 0 radical (unpaired) electrons. The molecule has 1 heterocycles. The highest BCUT2D eigenvalue weighted by atomic mass is 79.9. The molecule has 8 heteroatoms. The molecule has 0 spiro atoms. The van der Waals surface area contributed by atoms with E-state index in [2.05, 4.69) is 26.2 Å². The van der Waals surface area contributed by atoms with Crippen LogP contribution in [0, 0.1) is 0 Å². The molecule has 0 aliphatic carbocycles. The third kappa shape index (κ3) is 5.55. The number of carboxylic acids is 1. The van der Waals surface area contributed by atoms with Crippen molar-refractivity contribution >= 4 is 44.4 Å². The second-order valence-corrected chi connectivity index (χ2v) is 9.10. The Morgan fingerprint density at radius 1 is 1.18 bits per heavy atom. The highest BCUT2D eigenvalue weighted by Gasteiger charge is 2.22. The van der Waals surface area contributed by atoms with Crippen molar-refractivity contribution < 1.29 is 19.4 Å². The van der Waals surface area contributed by atoms with Crippen LogP contribution in [0.4, 0.5) is 0 Å². The summed E-state index contributed by atoms with van der Waals surface area (Å²) in [5.74, 6) is 0.178. The first-order valence-corrected chi connectivity index (χ1v) is 11.9. The van der Waals surface area contributed by atoms with Gasteiger partial charge in [0.15, 0.2) is 11.5 Å². The van der Waals surface area contributed by atoms with E-state index in [1.54, 1.807) is 13.2 Å². The van der Waals surface area contributed by atoms with Gasteiger partial charge in [0.25, 0.3) is 0 Å². The van der Waals surface area contributed by atoms with Crippen molar-refractivity contribution in [1.29, 1.82) is 0 Å². The summed E-state index contributed by atoms with van der Waals surface area (Å²) in [5.41, 5.74) is 3.61. The molecule has 176 valence electrons. The Kier molecular flexibility index (Phi) is 7.77. The van der Waals surface area contributed by atoms with Gasteiger partial charge in [-0.1, -0.05) is 57.9 Å². The molecule has 4 rings (SSSR count). The van der Waals surface area contributed by atoms with Gasteiger partial charge in [0.2, 0.25) is 0 Å². The standard InChI is InChI=1S/C26H24BrClN2O4/c1-33-24-10-9-21(27)20(25(24)34-15-16-5-4-6-18(28)11-16)14-30-23(26(31)32)12-17-13-29-22-8-3-2-7-19(17)22/h2-11,13,23,29-30H,12,14-15H2,1H3,(H,31,32). The quantitative estimate of drug-likeness (QED) is 0.230. The second-order valence-electron chi connectivity index (χ2n) is 7.81. The van der Waals surface area contributed by atoms with E-state index < -0.39 is 12.0 Å². The first kappa shape index (κ1) is 24.1. The van der Waals surface area contributed by atoms with Gasteiger partial charge in [-0.15, -0.1) is 0 Å². The topological polar surface area (TPSA) is 83.6 Å². The maximum Gasteiger partial charge on any atom is 0.321 e. The third-order valence-corrected chi connectivity index (χ3v) is 6.56. The minimum absolute atomic E-state index is 0.266. The van der Waals surface area contributed by atoms with Gasteiger partial charge in [-0.3, -0.25) is 10.1 Å². The van der Waals surface area contributed by atoms with E-state index in [1.807, 2.05) is 60.8 Å². The van der Waals surface area contributed by atoms with E-state index in [1.165, 1.54) is 0 Å².